The van der Waals surface area contributed by atoms with Crippen molar-refractivity contribution in [3.05, 3.63) is 48.0 Å². The monoisotopic (exact) mass is 399 g/mol. The number of carbonyl (C=O) groups is 3. The molecule has 3 rings (SSSR count). The molecule has 1 heterocycles. The second-order valence-electron chi connectivity index (χ2n) is 6.20. The first kappa shape index (κ1) is 20.2. The molecule has 1 aliphatic heterocycles. The molecular weight excluding hydrogens is 378 g/mol. The number of rotatable bonds is 7. The number of esters is 1. The molecule has 0 fully saturated rings. The number of ketones is 1. The molecule has 0 N–H and O–H groups in total. The molecule has 0 aliphatic carbocycles. The molecule has 0 atom stereocenters. The van der Waals surface area contributed by atoms with E-state index in [9.17, 15) is 14.4 Å². The summed E-state index contributed by atoms with van der Waals surface area (Å²) >= 11 is 0. The van der Waals surface area contributed by atoms with E-state index in [1.807, 2.05) is 0 Å². The van der Waals surface area contributed by atoms with Crippen molar-refractivity contribution in [2.45, 2.75) is 6.42 Å². The van der Waals surface area contributed by atoms with Crippen LogP contribution in [-0.2, 0) is 14.3 Å². The SMILES string of the molecule is COc1ccc(C(=O)COC(=O)CN2C(=O)CCOc3ccccc32)c(OC)c1. The maximum absolute atomic E-state index is 12.4. The maximum Gasteiger partial charge on any atom is 0.326 e. The highest BCUT2D eigenvalue weighted by Crippen LogP contribution is 2.31. The predicted octanol–water partition coefficient (Wildman–Crippen LogP) is 2.25. The lowest BCUT2D eigenvalue weighted by Gasteiger charge is -2.20. The van der Waals surface area contributed by atoms with E-state index in [0.717, 1.165) is 0 Å². The molecule has 29 heavy (non-hydrogen) atoms. The Balaban J connectivity index is 1.66. The molecule has 2 aromatic rings. The van der Waals surface area contributed by atoms with Gasteiger partial charge in [0.1, 0.15) is 23.8 Å². The number of amides is 1. The van der Waals surface area contributed by atoms with Crippen LogP contribution in [0.5, 0.6) is 17.2 Å². The van der Waals surface area contributed by atoms with Crippen LogP contribution in [0.2, 0.25) is 0 Å². The van der Waals surface area contributed by atoms with E-state index in [1.165, 1.54) is 19.1 Å². The normalized spacial score (nSPS) is 13.0. The molecule has 0 aromatic heterocycles. The maximum atomic E-state index is 12.4. The van der Waals surface area contributed by atoms with Gasteiger partial charge in [0.25, 0.3) is 0 Å². The highest BCUT2D eigenvalue weighted by Gasteiger charge is 2.26. The highest BCUT2D eigenvalue weighted by molar-refractivity contribution is 6.02. The number of para-hydroxylation sites is 2. The molecular formula is C21H21NO7. The van der Waals surface area contributed by atoms with Crippen molar-refractivity contribution >= 4 is 23.3 Å². The molecule has 1 amide bonds. The number of fused-ring (bicyclic) bond motifs is 1. The van der Waals surface area contributed by atoms with Crippen LogP contribution in [0.3, 0.4) is 0 Å². The van der Waals surface area contributed by atoms with Gasteiger partial charge in [-0.1, -0.05) is 12.1 Å². The minimum atomic E-state index is -0.698. The Labute approximate surface area is 167 Å². The van der Waals surface area contributed by atoms with Crippen molar-refractivity contribution in [3.8, 4) is 17.2 Å². The van der Waals surface area contributed by atoms with Gasteiger partial charge in [0.05, 0.1) is 38.5 Å². The number of hydrogen-bond acceptors (Lipinski definition) is 7. The number of anilines is 1. The van der Waals surface area contributed by atoms with Crippen molar-refractivity contribution in [1.29, 1.82) is 0 Å². The summed E-state index contributed by atoms with van der Waals surface area (Å²) in [6, 6.07) is 11.7. The highest BCUT2D eigenvalue weighted by atomic mass is 16.5. The van der Waals surface area contributed by atoms with E-state index in [0.29, 0.717) is 22.9 Å². The van der Waals surface area contributed by atoms with Crippen LogP contribution >= 0.6 is 0 Å². The van der Waals surface area contributed by atoms with Gasteiger partial charge in [-0.2, -0.15) is 0 Å². The van der Waals surface area contributed by atoms with Crippen molar-refractivity contribution < 1.29 is 33.3 Å². The minimum absolute atomic E-state index is 0.143. The number of benzene rings is 2. The Kier molecular flexibility index (Phi) is 6.33. The average molecular weight is 399 g/mol. The fourth-order valence-electron chi connectivity index (χ4n) is 2.92. The third-order valence-corrected chi connectivity index (χ3v) is 4.39. The van der Waals surface area contributed by atoms with Gasteiger partial charge in [0, 0.05) is 6.07 Å². The van der Waals surface area contributed by atoms with Crippen LogP contribution in [0.15, 0.2) is 42.5 Å². The number of ether oxygens (including phenoxy) is 4. The predicted molar refractivity (Wildman–Crippen MR) is 104 cm³/mol. The lowest BCUT2D eigenvalue weighted by Crippen LogP contribution is -2.36. The molecule has 2 aromatic carbocycles. The van der Waals surface area contributed by atoms with Crippen LogP contribution in [0.4, 0.5) is 5.69 Å². The van der Waals surface area contributed by atoms with Crippen LogP contribution in [0, 0.1) is 0 Å². The molecule has 0 unspecified atom stereocenters. The van der Waals surface area contributed by atoms with Gasteiger partial charge in [-0.05, 0) is 24.3 Å². The number of carbonyl (C=O) groups excluding carboxylic acids is 3. The zero-order valence-corrected chi connectivity index (χ0v) is 16.2. The van der Waals surface area contributed by atoms with Crippen molar-refractivity contribution in [1.82, 2.24) is 0 Å². The summed E-state index contributed by atoms with van der Waals surface area (Å²) in [6.07, 6.45) is 0.143. The van der Waals surface area contributed by atoms with Gasteiger partial charge >= 0.3 is 5.97 Å². The summed E-state index contributed by atoms with van der Waals surface area (Å²) in [7, 11) is 2.94. The molecule has 1 aliphatic rings. The molecule has 0 saturated heterocycles. The Morgan fingerprint density at radius 3 is 2.66 bits per heavy atom. The fraction of sp³-hybridized carbons (Fsp3) is 0.286. The second-order valence-corrected chi connectivity index (χ2v) is 6.20. The number of Topliss-reactive ketones (excluding diaryl/α,β-unsaturated/α-hetero) is 1. The molecule has 0 spiro atoms. The third-order valence-electron chi connectivity index (χ3n) is 4.39. The summed E-state index contributed by atoms with van der Waals surface area (Å²) in [5.74, 6) is -0.00460. The first-order valence-electron chi connectivity index (χ1n) is 8.96. The van der Waals surface area contributed by atoms with Gasteiger partial charge in [0.2, 0.25) is 11.7 Å². The summed E-state index contributed by atoms with van der Waals surface area (Å²) in [6.45, 7) is -0.551. The molecule has 8 nitrogen and oxygen atoms in total. The van der Waals surface area contributed by atoms with Crippen molar-refractivity contribution in [2.24, 2.45) is 0 Å². The number of nitrogens with zero attached hydrogens (tertiary/aromatic N) is 1. The first-order valence-corrected chi connectivity index (χ1v) is 8.96. The molecule has 0 bridgehead atoms. The Bertz CT molecular complexity index is 925. The molecule has 0 radical (unpaired) electrons. The van der Waals surface area contributed by atoms with Gasteiger partial charge < -0.3 is 18.9 Å². The summed E-state index contributed by atoms with van der Waals surface area (Å²) < 4.78 is 20.9. The smallest absolute Gasteiger partial charge is 0.326 e. The van der Waals surface area contributed by atoms with Gasteiger partial charge in [-0.25, -0.2) is 0 Å². The zero-order valence-electron chi connectivity index (χ0n) is 16.2. The van der Waals surface area contributed by atoms with Crippen LogP contribution in [-0.4, -0.2) is 51.6 Å². The van der Waals surface area contributed by atoms with E-state index in [4.69, 9.17) is 18.9 Å². The standard InChI is InChI=1S/C21H21NO7/c1-26-14-7-8-15(19(11-14)27-2)17(23)13-29-21(25)12-22-16-5-3-4-6-18(16)28-10-9-20(22)24/h3-8,11H,9-10,12-13H2,1-2H3. The lowest BCUT2D eigenvalue weighted by molar-refractivity contribution is -0.141. The summed E-state index contributed by atoms with van der Waals surface area (Å²) in [5, 5.41) is 0. The number of methoxy groups -OCH3 is 2. The van der Waals surface area contributed by atoms with Crippen molar-refractivity contribution in [3.63, 3.8) is 0 Å². The average Bonchev–Trinajstić information content (AvgIpc) is 2.90. The van der Waals surface area contributed by atoms with E-state index in [1.54, 1.807) is 42.5 Å². The molecule has 152 valence electrons. The van der Waals surface area contributed by atoms with Crippen LogP contribution in [0.25, 0.3) is 0 Å². The molecule has 8 heteroatoms. The van der Waals surface area contributed by atoms with Crippen molar-refractivity contribution in [2.75, 3.05) is 38.9 Å². The van der Waals surface area contributed by atoms with E-state index >= 15 is 0 Å². The molecule has 0 saturated carbocycles. The first-order chi connectivity index (χ1) is 14.0. The van der Waals surface area contributed by atoms with Gasteiger partial charge in [-0.15, -0.1) is 0 Å². The zero-order chi connectivity index (χ0) is 20.8. The van der Waals surface area contributed by atoms with Crippen LogP contribution < -0.4 is 19.1 Å². The van der Waals surface area contributed by atoms with E-state index in [2.05, 4.69) is 0 Å². The Hall–Kier alpha value is -3.55. The number of hydrogen-bond donors (Lipinski definition) is 0. The minimum Gasteiger partial charge on any atom is -0.497 e. The second kappa shape index (κ2) is 9.09. The third kappa shape index (κ3) is 4.66. The van der Waals surface area contributed by atoms with Crippen LogP contribution in [0.1, 0.15) is 16.8 Å². The fourth-order valence-corrected chi connectivity index (χ4v) is 2.92. The largest absolute Gasteiger partial charge is 0.497 e. The Morgan fingerprint density at radius 1 is 1.10 bits per heavy atom. The van der Waals surface area contributed by atoms with Gasteiger partial charge in [0.15, 0.2) is 6.61 Å². The topological polar surface area (TPSA) is 91.4 Å². The van der Waals surface area contributed by atoms with E-state index in [-0.39, 0.29) is 31.0 Å². The quantitative estimate of drug-likeness (QED) is 0.521. The Morgan fingerprint density at radius 2 is 1.90 bits per heavy atom. The van der Waals surface area contributed by atoms with E-state index < -0.39 is 18.4 Å². The summed E-state index contributed by atoms with van der Waals surface area (Å²) in [5.41, 5.74) is 0.765. The van der Waals surface area contributed by atoms with Gasteiger partial charge in [-0.3, -0.25) is 19.3 Å². The summed E-state index contributed by atoms with van der Waals surface area (Å²) in [4.78, 5) is 38.4. The lowest BCUT2D eigenvalue weighted by atomic mass is 10.1.